The Bertz CT molecular complexity index is 299. The van der Waals surface area contributed by atoms with Crippen LogP contribution in [0, 0.1) is 5.92 Å². The van der Waals surface area contributed by atoms with E-state index in [1.165, 1.54) is 11.3 Å². The molecule has 1 N–H and O–H groups in total. The Kier molecular flexibility index (Phi) is 3.71. The van der Waals surface area contributed by atoms with Gasteiger partial charge >= 0.3 is 0 Å². The molecule has 0 amide bonds. The maximum atomic E-state index is 9.98. The highest BCUT2D eigenvalue weighted by molar-refractivity contribution is 8.00. The first-order chi connectivity index (χ1) is 7.25. The van der Waals surface area contributed by atoms with E-state index in [1.54, 1.807) is 0 Å². The van der Waals surface area contributed by atoms with Crippen LogP contribution in [0.2, 0.25) is 0 Å². The van der Waals surface area contributed by atoms with E-state index < -0.39 is 0 Å². The van der Waals surface area contributed by atoms with E-state index in [4.69, 9.17) is 0 Å². The fraction of sp³-hybridized carbons (Fsp3) is 0.538. The van der Waals surface area contributed by atoms with Crippen LogP contribution < -0.4 is 0 Å². The van der Waals surface area contributed by atoms with E-state index in [2.05, 4.69) is 31.2 Å². The number of hydrogen-bond donors (Lipinski definition) is 1. The molecule has 3 atom stereocenters. The van der Waals surface area contributed by atoms with Gasteiger partial charge in [-0.2, -0.15) is 0 Å². The minimum Gasteiger partial charge on any atom is -0.392 e. The van der Waals surface area contributed by atoms with Crippen LogP contribution in [0.5, 0.6) is 0 Å². The van der Waals surface area contributed by atoms with Crippen LogP contribution in [0.4, 0.5) is 0 Å². The molecule has 2 heteroatoms. The SMILES string of the molecule is C[C@H]1CC[C@@H](Sc2ccccc2)[C@H](O)C1. The Hall–Kier alpha value is -0.470. The molecule has 15 heavy (non-hydrogen) atoms. The monoisotopic (exact) mass is 222 g/mol. The molecule has 1 aliphatic rings. The van der Waals surface area contributed by atoms with Crippen LogP contribution in [0.25, 0.3) is 0 Å². The van der Waals surface area contributed by atoms with Crippen molar-refractivity contribution in [1.82, 2.24) is 0 Å². The molecular weight excluding hydrogens is 204 g/mol. The van der Waals surface area contributed by atoms with Crippen molar-refractivity contribution in [1.29, 1.82) is 0 Å². The lowest BCUT2D eigenvalue weighted by Crippen LogP contribution is -2.30. The summed E-state index contributed by atoms with van der Waals surface area (Å²) in [6.07, 6.45) is 3.23. The standard InChI is InChI=1S/C13H18OS/c1-10-7-8-13(12(14)9-10)15-11-5-3-2-4-6-11/h2-6,10,12-14H,7-9H2,1H3/t10-,12+,13+/m0/s1. The molecule has 82 valence electrons. The lowest BCUT2D eigenvalue weighted by atomic mass is 9.88. The number of aliphatic hydroxyl groups is 1. The van der Waals surface area contributed by atoms with Gasteiger partial charge < -0.3 is 5.11 Å². The Balaban J connectivity index is 1.95. The van der Waals surface area contributed by atoms with E-state index >= 15 is 0 Å². The van der Waals surface area contributed by atoms with Gasteiger partial charge in [0.2, 0.25) is 0 Å². The zero-order valence-electron chi connectivity index (χ0n) is 9.10. The van der Waals surface area contributed by atoms with E-state index in [0.717, 1.165) is 12.8 Å². The quantitative estimate of drug-likeness (QED) is 0.828. The lowest BCUT2D eigenvalue weighted by molar-refractivity contribution is 0.113. The molecule has 0 saturated heterocycles. The maximum Gasteiger partial charge on any atom is 0.0664 e. The maximum absolute atomic E-state index is 9.98. The van der Waals surface area contributed by atoms with Crippen LogP contribution in [0.3, 0.4) is 0 Å². The fourth-order valence-corrected chi connectivity index (χ4v) is 3.32. The van der Waals surface area contributed by atoms with Gasteiger partial charge in [0.1, 0.15) is 0 Å². The Morgan fingerprint density at radius 2 is 1.93 bits per heavy atom. The highest BCUT2D eigenvalue weighted by Crippen LogP contribution is 2.35. The Morgan fingerprint density at radius 3 is 2.60 bits per heavy atom. The van der Waals surface area contributed by atoms with Gasteiger partial charge in [-0.25, -0.2) is 0 Å². The molecule has 0 aromatic heterocycles. The van der Waals surface area contributed by atoms with E-state index in [9.17, 15) is 5.11 Å². The third-order valence-electron chi connectivity index (χ3n) is 3.05. The van der Waals surface area contributed by atoms with E-state index in [1.807, 2.05) is 17.8 Å². The minimum absolute atomic E-state index is 0.126. The summed E-state index contributed by atoms with van der Waals surface area (Å²) < 4.78 is 0. The summed E-state index contributed by atoms with van der Waals surface area (Å²) in [7, 11) is 0. The zero-order valence-corrected chi connectivity index (χ0v) is 9.91. The van der Waals surface area contributed by atoms with Crippen molar-refractivity contribution in [2.24, 2.45) is 5.92 Å². The molecule has 0 aliphatic heterocycles. The molecule has 1 saturated carbocycles. The number of hydrogen-bond acceptors (Lipinski definition) is 2. The molecule has 1 fully saturated rings. The predicted octanol–water partition coefficient (Wildman–Crippen LogP) is 3.33. The summed E-state index contributed by atoms with van der Waals surface area (Å²) in [4.78, 5) is 1.27. The van der Waals surface area contributed by atoms with Gasteiger partial charge in [0.25, 0.3) is 0 Å². The van der Waals surface area contributed by atoms with Crippen LogP contribution in [0.1, 0.15) is 26.2 Å². The second kappa shape index (κ2) is 5.04. The third kappa shape index (κ3) is 2.99. The van der Waals surface area contributed by atoms with Crippen molar-refractivity contribution >= 4 is 11.8 Å². The first kappa shape index (κ1) is 11.0. The van der Waals surface area contributed by atoms with Crippen molar-refractivity contribution < 1.29 is 5.11 Å². The van der Waals surface area contributed by atoms with Crippen LogP contribution >= 0.6 is 11.8 Å². The molecular formula is C13H18OS. The van der Waals surface area contributed by atoms with Crippen LogP contribution in [-0.4, -0.2) is 16.5 Å². The summed E-state index contributed by atoms with van der Waals surface area (Å²) in [5.41, 5.74) is 0. The molecule has 0 bridgehead atoms. The largest absolute Gasteiger partial charge is 0.392 e. The molecule has 2 rings (SSSR count). The average molecular weight is 222 g/mol. The molecule has 0 unspecified atom stereocenters. The van der Waals surface area contributed by atoms with E-state index in [-0.39, 0.29) is 6.10 Å². The third-order valence-corrected chi connectivity index (χ3v) is 4.44. The minimum atomic E-state index is -0.126. The lowest BCUT2D eigenvalue weighted by Gasteiger charge is -2.30. The molecule has 1 aromatic carbocycles. The van der Waals surface area contributed by atoms with Crippen molar-refractivity contribution in [3.63, 3.8) is 0 Å². The van der Waals surface area contributed by atoms with Crippen LogP contribution in [-0.2, 0) is 0 Å². The first-order valence-corrected chi connectivity index (χ1v) is 6.53. The summed E-state index contributed by atoms with van der Waals surface area (Å²) in [5.74, 6) is 0.688. The van der Waals surface area contributed by atoms with Gasteiger partial charge in [-0.15, -0.1) is 11.8 Å². The highest BCUT2D eigenvalue weighted by atomic mass is 32.2. The second-order valence-corrected chi connectivity index (χ2v) is 5.77. The number of thioether (sulfide) groups is 1. The molecule has 1 aromatic rings. The summed E-state index contributed by atoms with van der Waals surface area (Å²) in [5, 5.41) is 10.4. The van der Waals surface area contributed by atoms with Crippen molar-refractivity contribution in [2.45, 2.75) is 42.4 Å². The number of rotatable bonds is 2. The van der Waals surface area contributed by atoms with Crippen LogP contribution in [0.15, 0.2) is 35.2 Å². The smallest absolute Gasteiger partial charge is 0.0664 e. The highest BCUT2D eigenvalue weighted by Gasteiger charge is 2.27. The van der Waals surface area contributed by atoms with Gasteiger partial charge in [0.15, 0.2) is 0 Å². The van der Waals surface area contributed by atoms with Gasteiger partial charge in [-0.05, 0) is 37.3 Å². The van der Waals surface area contributed by atoms with Crippen molar-refractivity contribution in [2.75, 3.05) is 0 Å². The average Bonchev–Trinajstić information content (AvgIpc) is 2.24. The molecule has 0 radical (unpaired) electrons. The zero-order chi connectivity index (χ0) is 10.7. The second-order valence-electron chi connectivity index (χ2n) is 4.45. The summed E-state index contributed by atoms with van der Waals surface area (Å²) >= 11 is 1.82. The fourth-order valence-electron chi connectivity index (χ4n) is 2.13. The summed E-state index contributed by atoms with van der Waals surface area (Å²) in [6, 6.07) is 10.4. The summed E-state index contributed by atoms with van der Waals surface area (Å²) in [6.45, 7) is 2.23. The number of benzene rings is 1. The van der Waals surface area contributed by atoms with Crippen molar-refractivity contribution in [3.8, 4) is 0 Å². The van der Waals surface area contributed by atoms with Gasteiger partial charge in [0, 0.05) is 10.1 Å². The van der Waals surface area contributed by atoms with Gasteiger partial charge in [0.05, 0.1) is 6.10 Å². The van der Waals surface area contributed by atoms with Gasteiger partial charge in [-0.3, -0.25) is 0 Å². The molecule has 0 heterocycles. The first-order valence-electron chi connectivity index (χ1n) is 5.65. The molecule has 0 spiro atoms. The normalized spacial score (nSPS) is 31.5. The molecule has 1 nitrogen and oxygen atoms in total. The topological polar surface area (TPSA) is 20.2 Å². The van der Waals surface area contributed by atoms with Crippen molar-refractivity contribution in [3.05, 3.63) is 30.3 Å². The molecule has 1 aliphatic carbocycles. The Labute approximate surface area is 95.9 Å². The Morgan fingerprint density at radius 1 is 1.20 bits per heavy atom. The van der Waals surface area contributed by atoms with Gasteiger partial charge in [-0.1, -0.05) is 25.1 Å². The predicted molar refractivity (Wildman–Crippen MR) is 65.1 cm³/mol. The number of aliphatic hydroxyl groups excluding tert-OH is 1. The van der Waals surface area contributed by atoms with E-state index in [0.29, 0.717) is 11.2 Å².